The lowest BCUT2D eigenvalue weighted by atomic mass is 9.85. The van der Waals surface area contributed by atoms with Gasteiger partial charge in [-0.2, -0.15) is 13.2 Å². The van der Waals surface area contributed by atoms with E-state index in [1.165, 1.54) is 0 Å². The van der Waals surface area contributed by atoms with Crippen LogP contribution in [0.3, 0.4) is 0 Å². The molecule has 1 aliphatic carbocycles. The molecule has 1 aromatic rings. The number of halogens is 3. The van der Waals surface area contributed by atoms with Crippen molar-refractivity contribution in [3.8, 4) is 0 Å². The van der Waals surface area contributed by atoms with Gasteiger partial charge in [-0.1, -0.05) is 12.8 Å². The van der Waals surface area contributed by atoms with Gasteiger partial charge < -0.3 is 5.73 Å². The van der Waals surface area contributed by atoms with Crippen LogP contribution in [0.25, 0.3) is 0 Å². The molecule has 0 aromatic heterocycles. The fourth-order valence-electron chi connectivity index (χ4n) is 3.00. The molecule has 0 heterocycles. The minimum atomic E-state index is -5.05. The van der Waals surface area contributed by atoms with Crippen molar-refractivity contribution in [2.45, 2.75) is 42.8 Å². The topological polar surface area (TPSA) is 115 Å². The zero-order valence-electron chi connectivity index (χ0n) is 13.1. The molecule has 25 heavy (non-hydrogen) atoms. The SMILES string of the molecule is NCC1CCCCC1NS(=O)(=O)c1ccc([N+](=O)[O-])cc1C(F)(F)F. The van der Waals surface area contributed by atoms with E-state index in [-0.39, 0.29) is 18.5 Å². The van der Waals surface area contributed by atoms with Gasteiger partial charge in [0.1, 0.15) is 0 Å². The molecule has 2 rings (SSSR count). The summed E-state index contributed by atoms with van der Waals surface area (Å²) in [5.74, 6) is -0.157. The molecular weight excluding hydrogens is 363 g/mol. The first kappa shape index (κ1) is 19.6. The molecule has 1 aromatic carbocycles. The van der Waals surface area contributed by atoms with Gasteiger partial charge in [0.25, 0.3) is 5.69 Å². The van der Waals surface area contributed by atoms with Crippen LogP contribution in [0.1, 0.15) is 31.2 Å². The highest BCUT2D eigenvalue weighted by molar-refractivity contribution is 7.89. The number of rotatable bonds is 5. The average molecular weight is 381 g/mol. The second kappa shape index (κ2) is 7.26. The third-order valence-electron chi connectivity index (χ3n) is 4.29. The normalized spacial score (nSPS) is 21.9. The molecule has 0 spiro atoms. The van der Waals surface area contributed by atoms with Crippen LogP contribution in [-0.4, -0.2) is 25.9 Å². The smallest absolute Gasteiger partial charge is 0.330 e. The van der Waals surface area contributed by atoms with Gasteiger partial charge in [0.05, 0.1) is 15.4 Å². The van der Waals surface area contributed by atoms with Gasteiger partial charge in [-0.3, -0.25) is 10.1 Å². The van der Waals surface area contributed by atoms with E-state index in [1.54, 1.807) is 0 Å². The lowest BCUT2D eigenvalue weighted by Crippen LogP contribution is -2.45. The van der Waals surface area contributed by atoms with E-state index in [9.17, 15) is 31.7 Å². The Morgan fingerprint density at radius 2 is 1.92 bits per heavy atom. The maximum atomic E-state index is 13.2. The number of hydrogen-bond donors (Lipinski definition) is 2. The zero-order chi connectivity index (χ0) is 18.8. The summed E-state index contributed by atoms with van der Waals surface area (Å²) < 4.78 is 66.9. The monoisotopic (exact) mass is 381 g/mol. The average Bonchev–Trinajstić information content (AvgIpc) is 2.53. The molecule has 1 fully saturated rings. The van der Waals surface area contributed by atoms with Crippen LogP contribution < -0.4 is 10.5 Å². The van der Waals surface area contributed by atoms with Crippen LogP contribution in [-0.2, 0) is 16.2 Å². The summed E-state index contributed by atoms with van der Waals surface area (Å²) in [6.45, 7) is 0.222. The maximum absolute atomic E-state index is 13.2. The summed E-state index contributed by atoms with van der Waals surface area (Å²) in [5, 5.41) is 10.7. The lowest BCUT2D eigenvalue weighted by molar-refractivity contribution is -0.385. The Labute approximate surface area is 142 Å². The van der Waals surface area contributed by atoms with Crippen LogP contribution in [0.5, 0.6) is 0 Å². The van der Waals surface area contributed by atoms with Crippen molar-refractivity contribution in [2.75, 3.05) is 6.54 Å². The molecule has 0 saturated heterocycles. The van der Waals surface area contributed by atoms with Crippen LogP contribution in [0.15, 0.2) is 23.1 Å². The van der Waals surface area contributed by atoms with Gasteiger partial charge in [0.2, 0.25) is 10.0 Å². The number of nitrogens with one attached hydrogen (secondary N) is 1. The second-order valence-corrected chi connectivity index (χ2v) is 7.63. The fraction of sp³-hybridized carbons (Fsp3) is 0.571. The Bertz CT molecular complexity index is 752. The Balaban J connectivity index is 2.43. The van der Waals surface area contributed by atoms with Gasteiger partial charge in [-0.25, -0.2) is 13.1 Å². The first-order valence-corrected chi connectivity index (χ1v) is 9.12. The van der Waals surface area contributed by atoms with E-state index in [4.69, 9.17) is 5.73 Å². The Morgan fingerprint density at radius 3 is 2.48 bits per heavy atom. The third-order valence-corrected chi connectivity index (χ3v) is 5.84. The Hall–Kier alpha value is -1.72. The summed E-state index contributed by atoms with van der Waals surface area (Å²) in [4.78, 5) is 8.67. The van der Waals surface area contributed by atoms with E-state index in [1.807, 2.05) is 0 Å². The Kier molecular flexibility index (Phi) is 5.69. The maximum Gasteiger partial charge on any atom is 0.417 e. The fourth-order valence-corrected chi connectivity index (χ4v) is 4.54. The molecular formula is C14H18F3N3O4S. The number of non-ortho nitro benzene ring substituents is 1. The van der Waals surface area contributed by atoms with Gasteiger partial charge in [0, 0.05) is 18.2 Å². The molecule has 0 bridgehead atoms. The summed E-state index contributed by atoms with van der Waals surface area (Å²) in [5.41, 5.74) is 3.22. The van der Waals surface area contributed by atoms with Crippen molar-refractivity contribution < 1.29 is 26.5 Å². The van der Waals surface area contributed by atoms with E-state index < -0.39 is 43.3 Å². The molecule has 2 atom stereocenters. The largest absolute Gasteiger partial charge is 0.417 e. The molecule has 140 valence electrons. The standard InChI is InChI=1S/C14H18F3N3O4S/c15-14(16,17)11-7-10(20(21)22)5-6-13(11)25(23,24)19-12-4-2-1-3-9(12)8-18/h5-7,9,12,19H,1-4,8,18H2. The number of hydrogen-bond acceptors (Lipinski definition) is 5. The predicted molar refractivity (Wildman–Crippen MR) is 83.2 cm³/mol. The summed E-state index contributed by atoms with van der Waals surface area (Å²) in [6.07, 6.45) is -2.25. The highest BCUT2D eigenvalue weighted by atomic mass is 32.2. The second-order valence-electron chi connectivity index (χ2n) is 5.94. The molecule has 3 N–H and O–H groups in total. The lowest BCUT2D eigenvalue weighted by Gasteiger charge is -2.31. The van der Waals surface area contributed by atoms with Crippen molar-refractivity contribution in [3.05, 3.63) is 33.9 Å². The zero-order valence-corrected chi connectivity index (χ0v) is 13.9. The molecule has 0 amide bonds. The predicted octanol–water partition coefficient (Wildman–Crippen LogP) is 2.41. The van der Waals surface area contributed by atoms with Crippen LogP contribution in [0.2, 0.25) is 0 Å². The highest BCUT2D eigenvalue weighted by Gasteiger charge is 2.40. The number of alkyl halides is 3. The molecule has 2 unspecified atom stereocenters. The molecule has 0 radical (unpaired) electrons. The number of nitro groups is 1. The number of sulfonamides is 1. The Morgan fingerprint density at radius 1 is 1.28 bits per heavy atom. The third kappa shape index (κ3) is 4.47. The van der Waals surface area contributed by atoms with Gasteiger partial charge in [-0.05, 0) is 31.4 Å². The number of nitrogens with two attached hydrogens (primary N) is 1. The van der Waals surface area contributed by atoms with E-state index in [0.717, 1.165) is 18.9 Å². The molecule has 7 nitrogen and oxygen atoms in total. The highest BCUT2D eigenvalue weighted by Crippen LogP contribution is 2.37. The van der Waals surface area contributed by atoms with E-state index >= 15 is 0 Å². The minimum absolute atomic E-state index is 0.157. The van der Waals surface area contributed by atoms with Gasteiger partial charge in [-0.15, -0.1) is 0 Å². The molecule has 1 aliphatic rings. The molecule has 0 aliphatic heterocycles. The van der Waals surface area contributed by atoms with Crippen molar-refractivity contribution in [3.63, 3.8) is 0 Å². The number of nitro benzene ring substituents is 1. The quantitative estimate of drug-likeness (QED) is 0.600. The number of benzene rings is 1. The van der Waals surface area contributed by atoms with Crippen molar-refractivity contribution in [1.82, 2.24) is 4.72 Å². The minimum Gasteiger partial charge on any atom is -0.330 e. The van der Waals surface area contributed by atoms with E-state index in [0.29, 0.717) is 18.9 Å². The van der Waals surface area contributed by atoms with Crippen LogP contribution >= 0.6 is 0 Å². The summed E-state index contributed by atoms with van der Waals surface area (Å²) in [7, 11) is -4.51. The van der Waals surface area contributed by atoms with Crippen LogP contribution in [0, 0.1) is 16.0 Å². The van der Waals surface area contributed by atoms with Gasteiger partial charge in [0.15, 0.2) is 0 Å². The first-order chi connectivity index (χ1) is 11.6. The van der Waals surface area contributed by atoms with E-state index in [2.05, 4.69) is 4.72 Å². The summed E-state index contributed by atoms with van der Waals surface area (Å²) in [6, 6.07) is 1.03. The van der Waals surface area contributed by atoms with Crippen molar-refractivity contribution in [1.29, 1.82) is 0 Å². The van der Waals surface area contributed by atoms with Crippen LogP contribution in [0.4, 0.5) is 18.9 Å². The molecule has 11 heteroatoms. The van der Waals surface area contributed by atoms with Crippen molar-refractivity contribution in [2.24, 2.45) is 11.7 Å². The first-order valence-electron chi connectivity index (χ1n) is 7.64. The van der Waals surface area contributed by atoms with Crippen molar-refractivity contribution >= 4 is 15.7 Å². The number of nitrogens with zero attached hydrogens (tertiary/aromatic N) is 1. The summed E-state index contributed by atoms with van der Waals surface area (Å²) >= 11 is 0. The molecule has 1 saturated carbocycles. The van der Waals surface area contributed by atoms with Gasteiger partial charge >= 0.3 is 6.18 Å².